The van der Waals surface area contributed by atoms with Crippen molar-refractivity contribution in [1.29, 1.82) is 5.26 Å². The molecule has 3 saturated heterocycles. The highest BCUT2D eigenvalue weighted by atomic mass is 19.1. The van der Waals surface area contributed by atoms with E-state index in [0.717, 1.165) is 54.3 Å². The number of aromatic nitrogens is 4. The van der Waals surface area contributed by atoms with Crippen molar-refractivity contribution >= 4 is 38.5 Å². The Labute approximate surface area is 318 Å². The molecule has 12 heteroatoms. The lowest BCUT2D eigenvalue weighted by atomic mass is 9.79. The number of rotatable bonds is 9. The number of nitrogens with zero attached hydrogens (tertiary/aromatic N) is 7. The minimum atomic E-state index is -0.548. The van der Waals surface area contributed by atoms with Gasteiger partial charge in [0.05, 0.1) is 34.9 Å². The minimum Gasteiger partial charge on any atom is -0.472 e. The Kier molecular flexibility index (Phi) is 8.62. The lowest BCUT2D eigenvalue weighted by molar-refractivity contribution is 0.0817. The van der Waals surface area contributed by atoms with Crippen LogP contribution < -0.4 is 10.1 Å². The zero-order valence-electron chi connectivity index (χ0n) is 31.7. The number of amides is 1. The van der Waals surface area contributed by atoms with Crippen LogP contribution in [0.15, 0.2) is 54.7 Å². The van der Waals surface area contributed by atoms with Crippen LogP contribution in [0.1, 0.15) is 54.7 Å². The number of carbonyl (C=O) groups is 1. The number of likely N-dealkylation sites (tertiary alicyclic amines) is 1. The number of halogens is 2. The molecule has 5 unspecified atom stereocenters. The van der Waals surface area contributed by atoms with Gasteiger partial charge in [-0.25, -0.2) is 13.8 Å². The lowest BCUT2D eigenvalue weighted by Crippen LogP contribution is -2.39. The second kappa shape index (κ2) is 13.4. The molecule has 0 radical (unpaired) electrons. The molecule has 1 saturated carbocycles. The number of benzene rings is 3. The van der Waals surface area contributed by atoms with Crippen molar-refractivity contribution < 1.29 is 18.3 Å². The summed E-state index contributed by atoms with van der Waals surface area (Å²) in [5, 5.41) is 20.7. The summed E-state index contributed by atoms with van der Waals surface area (Å²) in [6.45, 7) is 3.87. The van der Waals surface area contributed by atoms with E-state index in [2.05, 4.69) is 33.0 Å². The van der Waals surface area contributed by atoms with Crippen LogP contribution in [0.3, 0.4) is 0 Å². The number of pyridine rings is 1. The van der Waals surface area contributed by atoms with Crippen molar-refractivity contribution in [3.63, 3.8) is 0 Å². The topological polar surface area (TPSA) is 104 Å². The van der Waals surface area contributed by atoms with Gasteiger partial charge < -0.3 is 19.5 Å². The first kappa shape index (κ1) is 35.3. The molecule has 10 rings (SSSR count). The first-order chi connectivity index (χ1) is 26.5. The molecule has 282 valence electrons. The van der Waals surface area contributed by atoms with Gasteiger partial charge in [-0.3, -0.25) is 14.4 Å². The van der Waals surface area contributed by atoms with E-state index >= 15 is 4.39 Å². The summed E-state index contributed by atoms with van der Waals surface area (Å²) in [6, 6.07) is 16.7. The zero-order valence-corrected chi connectivity index (χ0v) is 31.7. The van der Waals surface area contributed by atoms with Crippen LogP contribution in [0.25, 0.3) is 55.0 Å². The molecular weight excluding hydrogens is 699 g/mol. The fraction of sp³-hybridized carbons (Fsp3) is 0.395. The van der Waals surface area contributed by atoms with Crippen LogP contribution in [-0.4, -0.2) is 87.5 Å². The van der Waals surface area contributed by atoms with E-state index < -0.39 is 11.6 Å². The molecule has 3 aromatic carbocycles. The highest BCUT2D eigenvalue weighted by Crippen LogP contribution is 2.51. The second-order valence-corrected chi connectivity index (χ2v) is 15.8. The van der Waals surface area contributed by atoms with Gasteiger partial charge >= 0.3 is 0 Å². The average Bonchev–Trinajstić information content (AvgIpc) is 4.01. The third-order valence-electron chi connectivity index (χ3n) is 12.3. The van der Waals surface area contributed by atoms with Crippen molar-refractivity contribution in [2.75, 3.05) is 34.2 Å². The number of fused-ring (bicyclic) bond motifs is 5. The Morgan fingerprint density at radius 1 is 1.11 bits per heavy atom. The first-order valence-electron chi connectivity index (χ1n) is 19.2. The van der Waals surface area contributed by atoms with Crippen LogP contribution in [0.2, 0.25) is 0 Å². The van der Waals surface area contributed by atoms with E-state index in [9.17, 15) is 14.4 Å². The Balaban J connectivity index is 1.39. The number of nitrogens with one attached hydrogen (secondary N) is 1. The molecule has 6 aromatic rings. The normalized spacial score (nSPS) is 21.3. The van der Waals surface area contributed by atoms with Crippen molar-refractivity contribution in [3.05, 3.63) is 77.6 Å². The van der Waals surface area contributed by atoms with Crippen molar-refractivity contribution in [2.24, 2.45) is 13.0 Å². The van der Waals surface area contributed by atoms with Gasteiger partial charge in [0.25, 0.3) is 5.91 Å². The summed E-state index contributed by atoms with van der Waals surface area (Å²) >= 11 is 0. The number of likely N-dealkylation sites (N-methyl/N-ethyl adjacent to an activating group) is 1. The monoisotopic (exact) mass is 742 g/mol. The first-order valence-corrected chi connectivity index (χ1v) is 19.2. The highest BCUT2D eigenvalue weighted by molar-refractivity contribution is 6.12. The number of ether oxygens (including phenoxy) is 1. The van der Waals surface area contributed by atoms with Crippen LogP contribution in [0.5, 0.6) is 5.88 Å². The van der Waals surface area contributed by atoms with E-state index in [1.54, 1.807) is 49.1 Å². The van der Waals surface area contributed by atoms with Gasteiger partial charge in [-0.05, 0) is 98.3 Å². The molecule has 3 aromatic heterocycles. The maximum absolute atomic E-state index is 17.9. The predicted molar refractivity (Wildman–Crippen MR) is 209 cm³/mol. The maximum Gasteiger partial charge on any atom is 0.272 e. The third kappa shape index (κ3) is 5.58. The highest BCUT2D eigenvalue weighted by Gasteiger charge is 2.49. The van der Waals surface area contributed by atoms with Crippen LogP contribution >= 0.6 is 0 Å². The largest absolute Gasteiger partial charge is 0.472 e. The smallest absolute Gasteiger partial charge is 0.272 e. The van der Waals surface area contributed by atoms with Gasteiger partial charge in [-0.2, -0.15) is 10.4 Å². The summed E-state index contributed by atoms with van der Waals surface area (Å²) < 4.78 is 43.4. The van der Waals surface area contributed by atoms with E-state index in [1.165, 1.54) is 12.1 Å². The Morgan fingerprint density at radius 3 is 2.65 bits per heavy atom. The van der Waals surface area contributed by atoms with Crippen molar-refractivity contribution in [2.45, 2.75) is 63.3 Å². The standard InChI is InChI=1S/C43H44F2N8O2/c1-23(34-12-8-16-51(34)4)55-42-31-20-35(32-22-48-52(5)41(32)43(54)50(2)3)53(39-26-18-33(39)47-21-26)40(31)30-17-25(10-7-15-46)36(37(45)38(30)49-42)28-11-6-9-24-13-14-27(44)19-29(24)28/h6,9,11,13-14,17,19-20,22-23,26,33-34,39,47H,7-8,10,12,16,18,21H2,1-5H3. The summed E-state index contributed by atoms with van der Waals surface area (Å²) in [5.41, 5.74) is 4.28. The minimum absolute atomic E-state index is 0.0261. The number of hydrogen-bond acceptors (Lipinski definition) is 7. The molecule has 3 aliphatic heterocycles. The van der Waals surface area contributed by atoms with E-state index in [4.69, 9.17) is 9.72 Å². The van der Waals surface area contributed by atoms with Gasteiger partial charge in [-0.15, -0.1) is 0 Å². The Hall–Kier alpha value is -5.38. The molecule has 1 N–H and O–H groups in total. The summed E-state index contributed by atoms with van der Waals surface area (Å²) in [4.78, 5) is 22.6. The van der Waals surface area contributed by atoms with Gasteiger partial charge in [0.15, 0.2) is 5.82 Å². The quantitative estimate of drug-likeness (QED) is 0.167. The summed E-state index contributed by atoms with van der Waals surface area (Å²) in [6.07, 6.45) is 4.98. The Morgan fingerprint density at radius 2 is 1.95 bits per heavy atom. The van der Waals surface area contributed by atoms with Crippen molar-refractivity contribution in [3.8, 4) is 34.3 Å². The molecule has 1 amide bonds. The Bertz CT molecular complexity index is 2560. The fourth-order valence-electron chi connectivity index (χ4n) is 9.57. The van der Waals surface area contributed by atoms with E-state index in [-0.39, 0.29) is 48.5 Å². The van der Waals surface area contributed by atoms with Gasteiger partial charge in [0.2, 0.25) is 5.88 Å². The fourth-order valence-corrected chi connectivity index (χ4v) is 9.57. The SMILES string of the molecule is CC(Oc1nc2c(F)c(-c3cccc4ccc(F)cc34)c(CCC#N)cc2c2c1cc(-c1cnn(C)c1C(=O)N(C)C)n2C1C2CNC1C2)C1CCCN1C. The summed E-state index contributed by atoms with van der Waals surface area (Å²) in [5.74, 6) is -0.501. The van der Waals surface area contributed by atoms with Crippen molar-refractivity contribution in [1.82, 2.24) is 34.4 Å². The number of carbonyl (C=O) groups excluding carboxylic acids is 1. The van der Waals surface area contributed by atoms with Gasteiger partial charge in [-0.1, -0.05) is 24.3 Å². The van der Waals surface area contributed by atoms with Gasteiger partial charge in [0, 0.05) is 62.7 Å². The lowest BCUT2D eigenvalue weighted by Gasteiger charge is -2.38. The third-order valence-corrected chi connectivity index (χ3v) is 12.3. The second-order valence-electron chi connectivity index (χ2n) is 15.8. The average molecular weight is 743 g/mol. The molecule has 6 heterocycles. The van der Waals surface area contributed by atoms with E-state index in [1.807, 2.05) is 31.2 Å². The number of nitriles is 1. The van der Waals surface area contributed by atoms with Crippen LogP contribution in [-0.2, 0) is 13.5 Å². The number of aryl methyl sites for hydroxylation is 2. The molecule has 10 nitrogen and oxygen atoms in total. The molecule has 1 aliphatic carbocycles. The molecule has 2 bridgehead atoms. The van der Waals surface area contributed by atoms with Crippen LogP contribution in [0.4, 0.5) is 8.78 Å². The number of hydrogen-bond donors (Lipinski definition) is 1. The molecule has 5 atom stereocenters. The predicted octanol–water partition coefficient (Wildman–Crippen LogP) is 7.24. The molecule has 55 heavy (non-hydrogen) atoms. The molecular formula is C43H44F2N8O2. The van der Waals surface area contributed by atoms with Crippen LogP contribution in [0, 0.1) is 28.9 Å². The molecule has 4 aliphatic rings. The molecule has 0 spiro atoms. The maximum atomic E-state index is 17.9. The molecule has 4 fully saturated rings. The van der Waals surface area contributed by atoms with Gasteiger partial charge in [0.1, 0.15) is 23.1 Å². The zero-order chi connectivity index (χ0) is 38.3. The summed E-state index contributed by atoms with van der Waals surface area (Å²) in [7, 11) is 7.32. The van der Waals surface area contributed by atoms with E-state index in [0.29, 0.717) is 50.5 Å².